The van der Waals surface area contributed by atoms with Crippen LogP contribution in [0.1, 0.15) is 17.9 Å². The van der Waals surface area contributed by atoms with Gasteiger partial charge in [-0.25, -0.2) is 0 Å². The maximum atomic E-state index is 5.43. The van der Waals surface area contributed by atoms with Crippen molar-refractivity contribution in [3.05, 3.63) is 58.6 Å². The third-order valence-electron chi connectivity index (χ3n) is 5.52. The zero-order valence-electron chi connectivity index (χ0n) is 14.7. The first-order valence-corrected chi connectivity index (χ1v) is 9.89. The van der Waals surface area contributed by atoms with Crippen LogP contribution >= 0.6 is 15.9 Å². The van der Waals surface area contributed by atoms with Gasteiger partial charge in [0.05, 0.1) is 11.6 Å². The smallest absolute Gasteiger partial charge is 0.135 e. The van der Waals surface area contributed by atoms with E-state index in [-0.39, 0.29) is 0 Å². The Balaban J connectivity index is 1.29. The van der Waals surface area contributed by atoms with Gasteiger partial charge in [0.2, 0.25) is 0 Å². The monoisotopic (exact) mass is 400 g/mol. The molecule has 1 saturated carbocycles. The molecular weight excluding hydrogens is 376 g/mol. The third kappa shape index (κ3) is 3.85. The fourth-order valence-electron chi connectivity index (χ4n) is 3.92. The van der Waals surface area contributed by atoms with Crippen LogP contribution in [0.25, 0.3) is 0 Å². The molecule has 3 nitrogen and oxygen atoms in total. The highest BCUT2D eigenvalue weighted by atomic mass is 79.9. The Morgan fingerprint density at radius 1 is 1.04 bits per heavy atom. The number of benzene rings is 2. The van der Waals surface area contributed by atoms with Crippen molar-refractivity contribution >= 4 is 21.6 Å². The fourth-order valence-corrected chi connectivity index (χ4v) is 4.33. The molecular formula is C21H25BrN2O. The Morgan fingerprint density at radius 3 is 2.52 bits per heavy atom. The van der Waals surface area contributed by atoms with Gasteiger partial charge < -0.3 is 9.64 Å². The molecule has 2 aliphatic rings. The maximum absolute atomic E-state index is 5.43. The largest absolute Gasteiger partial charge is 0.495 e. The van der Waals surface area contributed by atoms with E-state index in [2.05, 4.69) is 74.3 Å². The van der Waals surface area contributed by atoms with E-state index < -0.39 is 0 Å². The van der Waals surface area contributed by atoms with Crippen LogP contribution in [-0.2, 0) is 0 Å². The lowest BCUT2D eigenvalue weighted by Gasteiger charge is -2.36. The van der Waals surface area contributed by atoms with Gasteiger partial charge in [-0.1, -0.05) is 30.3 Å². The lowest BCUT2D eigenvalue weighted by atomic mass is 10.1. The predicted octanol–water partition coefficient (Wildman–Crippen LogP) is 4.38. The molecule has 2 fully saturated rings. The van der Waals surface area contributed by atoms with E-state index in [4.69, 9.17) is 4.74 Å². The summed E-state index contributed by atoms with van der Waals surface area (Å²) in [5.41, 5.74) is 2.78. The molecule has 2 aromatic carbocycles. The number of nitrogens with zero attached hydrogens (tertiary/aromatic N) is 2. The van der Waals surface area contributed by atoms with Gasteiger partial charge in [0.15, 0.2) is 0 Å². The van der Waals surface area contributed by atoms with Crippen molar-refractivity contribution in [2.24, 2.45) is 5.92 Å². The minimum atomic E-state index is 0.787. The molecule has 2 unspecified atom stereocenters. The number of methoxy groups -OCH3 is 1. The van der Waals surface area contributed by atoms with Crippen LogP contribution in [0.2, 0.25) is 0 Å². The Bertz CT molecular complexity index is 713. The van der Waals surface area contributed by atoms with Crippen molar-refractivity contribution < 1.29 is 4.74 Å². The molecule has 132 valence electrons. The van der Waals surface area contributed by atoms with Crippen molar-refractivity contribution in [3.63, 3.8) is 0 Å². The molecule has 0 spiro atoms. The van der Waals surface area contributed by atoms with Gasteiger partial charge >= 0.3 is 0 Å². The molecule has 1 aliphatic heterocycles. The van der Waals surface area contributed by atoms with E-state index in [1.54, 1.807) is 7.11 Å². The van der Waals surface area contributed by atoms with Gasteiger partial charge in [0.25, 0.3) is 0 Å². The summed E-state index contributed by atoms with van der Waals surface area (Å²) in [6.45, 7) is 5.73. The van der Waals surface area contributed by atoms with Crippen molar-refractivity contribution in [3.8, 4) is 5.75 Å². The predicted molar refractivity (Wildman–Crippen MR) is 107 cm³/mol. The first kappa shape index (κ1) is 16.9. The molecule has 2 atom stereocenters. The summed E-state index contributed by atoms with van der Waals surface area (Å²) >= 11 is 3.53. The summed E-state index contributed by atoms with van der Waals surface area (Å²) < 4.78 is 6.44. The van der Waals surface area contributed by atoms with Crippen molar-refractivity contribution in [2.45, 2.75) is 12.3 Å². The van der Waals surface area contributed by atoms with E-state index in [0.29, 0.717) is 0 Å². The molecule has 25 heavy (non-hydrogen) atoms. The number of hydrogen-bond donors (Lipinski definition) is 0. The summed E-state index contributed by atoms with van der Waals surface area (Å²) in [6, 6.07) is 17.4. The molecule has 0 N–H and O–H groups in total. The van der Waals surface area contributed by atoms with Crippen molar-refractivity contribution in [1.82, 2.24) is 4.90 Å². The van der Waals surface area contributed by atoms with Gasteiger partial charge in [0.1, 0.15) is 5.75 Å². The van der Waals surface area contributed by atoms with Crippen LogP contribution in [0.5, 0.6) is 5.75 Å². The average Bonchev–Trinajstić information content (AvgIpc) is 3.43. The van der Waals surface area contributed by atoms with Gasteiger partial charge in [-0.05, 0) is 51.9 Å². The van der Waals surface area contributed by atoms with E-state index in [9.17, 15) is 0 Å². The Morgan fingerprint density at radius 2 is 1.80 bits per heavy atom. The number of anilines is 1. The van der Waals surface area contributed by atoms with Crippen LogP contribution in [0.4, 0.5) is 5.69 Å². The molecule has 1 saturated heterocycles. The number of hydrogen-bond acceptors (Lipinski definition) is 3. The zero-order valence-corrected chi connectivity index (χ0v) is 16.3. The highest BCUT2D eigenvalue weighted by molar-refractivity contribution is 9.10. The number of ether oxygens (including phenoxy) is 1. The van der Waals surface area contributed by atoms with Crippen molar-refractivity contribution in [2.75, 3.05) is 44.7 Å². The lowest BCUT2D eigenvalue weighted by Crippen LogP contribution is -2.47. The summed E-state index contributed by atoms with van der Waals surface area (Å²) in [5.74, 6) is 2.54. The number of piperazine rings is 1. The molecule has 0 amide bonds. The SMILES string of the molecule is COc1cc(N2CCN(CC3CC3c3ccccc3)CC2)ccc1Br. The molecule has 4 heteroatoms. The molecule has 0 radical (unpaired) electrons. The Kier molecular flexibility index (Phi) is 5.00. The normalized spacial score (nSPS) is 23.5. The van der Waals surface area contributed by atoms with Crippen LogP contribution in [-0.4, -0.2) is 44.7 Å². The average molecular weight is 401 g/mol. The summed E-state index contributed by atoms with van der Waals surface area (Å²) in [4.78, 5) is 5.10. The molecule has 2 aromatic rings. The van der Waals surface area contributed by atoms with Gasteiger partial charge in [-0.3, -0.25) is 4.90 Å². The lowest BCUT2D eigenvalue weighted by molar-refractivity contribution is 0.246. The minimum absolute atomic E-state index is 0.787. The quantitative estimate of drug-likeness (QED) is 0.740. The molecule has 4 rings (SSSR count). The van der Waals surface area contributed by atoms with Crippen LogP contribution in [0.3, 0.4) is 0 Å². The Hall–Kier alpha value is -1.52. The first-order chi connectivity index (χ1) is 12.2. The van der Waals surface area contributed by atoms with Crippen molar-refractivity contribution in [1.29, 1.82) is 0 Å². The number of rotatable bonds is 5. The third-order valence-corrected chi connectivity index (χ3v) is 6.17. The van der Waals surface area contributed by atoms with E-state index in [0.717, 1.165) is 48.2 Å². The highest BCUT2D eigenvalue weighted by Gasteiger charge is 2.39. The van der Waals surface area contributed by atoms with Crippen LogP contribution in [0, 0.1) is 5.92 Å². The van der Waals surface area contributed by atoms with Gasteiger partial charge in [-0.15, -0.1) is 0 Å². The molecule has 0 bridgehead atoms. The second-order valence-electron chi connectivity index (χ2n) is 7.12. The fraction of sp³-hybridized carbons (Fsp3) is 0.429. The van der Waals surface area contributed by atoms with E-state index >= 15 is 0 Å². The van der Waals surface area contributed by atoms with Gasteiger partial charge in [0, 0.05) is 44.5 Å². The van der Waals surface area contributed by atoms with E-state index in [1.807, 2.05) is 0 Å². The van der Waals surface area contributed by atoms with Gasteiger partial charge in [-0.2, -0.15) is 0 Å². The first-order valence-electron chi connectivity index (χ1n) is 9.10. The topological polar surface area (TPSA) is 15.7 Å². The standard InChI is InChI=1S/C21H25BrN2O/c1-25-21-14-18(7-8-20(21)22)24-11-9-23(10-12-24)15-17-13-19(17)16-5-3-2-4-6-16/h2-8,14,17,19H,9-13,15H2,1H3. The van der Waals surface area contributed by atoms with E-state index in [1.165, 1.54) is 24.2 Å². The van der Waals surface area contributed by atoms with Crippen LogP contribution in [0.15, 0.2) is 53.0 Å². The molecule has 1 aliphatic carbocycles. The molecule has 0 aromatic heterocycles. The highest BCUT2D eigenvalue weighted by Crippen LogP contribution is 2.47. The minimum Gasteiger partial charge on any atom is -0.495 e. The second-order valence-corrected chi connectivity index (χ2v) is 7.97. The van der Waals surface area contributed by atoms with Crippen LogP contribution < -0.4 is 9.64 Å². The zero-order chi connectivity index (χ0) is 17.2. The summed E-state index contributed by atoms with van der Waals surface area (Å²) in [7, 11) is 1.72. The maximum Gasteiger partial charge on any atom is 0.135 e. The second kappa shape index (κ2) is 7.38. The number of halogens is 1. The Labute approximate surface area is 158 Å². The summed E-state index contributed by atoms with van der Waals surface area (Å²) in [6.07, 6.45) is 1.36. The molecule has 1 heterocycles. The summed E-state index contributed by atoms with van der Waals surface area (Å²) in [5, 5.41) is 0.